The minimum atomic E-state index is 0.710. The molecule has 0 unspecified atom stereocenters. The highest BCUT2D eigenvalue weighted by Gasteiger charge is 2.08. The van der Waals surface area contributed by atoms with Crippen LogP contribution in [0.25, 0.3) is 0 Å². The predicted molar refractivity (Wildman–Crippen MR) is 48.0 cm³/mol. The van der Waals surface area contributed by atoms with E-state index < -0.39 is 0 Å². The molecule has 0 amide bonds. The fraction of sp³-hybridized carbons (Fsp3) is 0.667. The SMILES string of the molecule is CCc1noc(CCCN)c1C. The quantitative estimate of drug-likeness (QED) is 0.740. The number of aromatic nitrogens is 1. The van der Waals surface area contributed by atoms with Crippen molar-refractivity contribution in [2.45, 2.75) is 33.1 Å². The standard InChI is InChI=1S/C9H16N2O/c1-3-8-7(2)9(12-11-8)5-4-6-10/h3-6,10H2,1-2H3. The first-order valence-electron chi connectivity index (χ1n) is 4.43. The molecule has 0 saturated heterocycles. The lowest BCUT2D eigenvalue weighted by Gasteiger charge is -1.94. The highest BCUT2D eigenvalue weighted by Crippen LogP contribution is 2.14. The van der Waals surface area contributed by atoms with E-state index in [0.717, 1.165) is 30.7 Å². The van der Waals surface area contributed by atoms with Gasteiger partial charge in [-0.2, -0.15) is 0 Å². The van der Waals surface area contributed by atoms with Crippen LogP contribution in [0, 0.1) is 6.92 Å². The molecule has 0 spiro atoms. The van der Waals surface area contributed by atoms with Crippen LogP contribution in [-0.4, -0.2) is 11.7 Å². The predicted octanol–water partition coefficient (Wildman–Crippen LogP) is 1.44. The van der Waals surface area contributed by atoms with E-state index in [0.29, 0.717) is 6.54 Å². The Kier molecular flexibility index (Phi) is 3.29. The molecule has 0 radical (unpaired) electrons. The van der Waals surface area contributed by atoms with Gasteiger partial charge in [0.15, 0.2) is 0 Å². The van der Waals surface area contributed by atoms with Crippen molar-refractivity contribution in [3.8, 4) is 0 Å². The lowest BCUT2D eigenvalue weighted by molar-refractivity contribution is 0.375. The van der Waals surface area contributed by atoms with Crippen molar-refractivity contribution >= 4 is 0 Å². The van der Waals surface area contributed by atoms with Gasteiger partial charge in [0.2, 0.25) is 0 Å². The molecule has 68 valence electrons. The highest BCUT2D eigenvalue weighted by atomic mass is 16.5. The van der Waals surface area contributed by atoms with Crippen molar-refractivity contribution in [2.24, 2.45) is 5.73 Å². The topological polar surface area (TPSA) is 52.0 Å². The van der Waals surface area contributed by atoms with Gasteiger partial charge in [-0.15, -0.1) is 0 Å². The molecule has 0 aliphatic heterocycles. The Balaban J connectivity index is 2.66. The Labute approximate surface area is 72.9 Å². The van der Waals surface area contributed by atoms with Gasteiger partial charge in [-0.25, -0.2) is 0 Å². The van der Waals surface area contributed by atoms with Gasteiger partial charge in [0.05, 0.1) is 5.69 Å². The Morgan fingerprint density at radius 3 is 2.75 bits per heavy atom. The summed E-state index contributed by atoms with van der Waals surface area (Å²) in [4.78, 5) is 0. The zero-order valence-electron chi connectivity index (χ0n) is 7.76. The molecule has 3 heteroatoms. The summed E-state index contributed by atoms with van der Waals surface area (Å²) in [7, 11) is 0. The summed E-state index contributed by atoms with van der Waals surface area (Å²) in [5.41, 5.74) is 7.67. The first-order chi connectivity index (χ1) is 5.79. The van der Waals surface area contributed by atoms with Gasteiger partial charge in [0, 0.05) is 12.0 Å². The van der Waals surface area contributed by atoms with E-state index in [1.807, 2.05) is 0 Å². The van der Waals surface area contributed by atoms with Crippen molar-refractivity contribution in [2.75, 3.05) is 6.54 Å². The summed E-state index contributed by atoms with van der Waals surface area (Å²) in [6.45, 7) is 4.85. The average Bonchev–Trinajstić information content (AvgIpc) is 2.43. The third kappa shape index (κ3) is 1.85. The molecular formula is C9H16N2O. The fourth-order valence-electron chi connectivity index (χ4n) is 1.23. The number of rotatable bonds is 4. The highest BCUT2D eigenvalue weighted by molar-refractivity contribution is 5.20. The lowest BCUT2D eigenvalue weighted by Crippen LogP contribution is -2.00. The van der Waals surface area contributed by atoms with E-state index in [9.17, 15) is 0 Å². The minimum Gasteiger partial charge on any atom is -0.361 e. The van der Waals surface area contributed by atoms with Gasteiger partial charge >= 0.3 is 0 Å². The largest absolute Gasteiger partial charge is 0.361 e. The van der Waals surface area contributed by atoms with Crippen LogP contribution in [0.5, 0.6) is 0 Å². The van der Waals surface area contributed by atoms with Crippen LogP contribution in [0.15, 0.2) is 4.52 Å². The van der Waals surface area contributed by atoms with Gasteiger partial charge < -0.3 is 10.3 Å². The summed E-state index contributed by atoms with van der Waals surface area (Å²) in [6.07, 6.45) is 2.83. The monoisotopic (exact) mass is 168 g/mol. The van der Waals surface area contributed by atoms with E-state index in [4.69, 9.17) is 10.3 Å². The van der Waals surface area contributed by atoms with Gasteiger partial charge in [0.1, 0.15) is 5.76 Å². The maximum absolute atomic E-state index is 5.40. The summed E-state index contributed by atoms with van der Waals surface area (Å²) in [5.74, 6) is 0.998. The van der Waals surface area contributed by atoms with E-state index in [2.05, 4.69) is 19.0 Å². The number of nitrogens with two attached hydrogens (primary N) is 1. The normalized spacial score (nSPS) is 10.6. The average molecular weight is 168 g/mol. The molecule has 0 atom stereocenters. The van der Waals surface area contributed by atoms with Crippen LogP contribution < -0.4 is 5.73 Å². The third-order valence-corrected chi connectivity index (χ3v) is 2.06. The van der Waals surface area contributed by atoms with Crippen LogP contribution in [0.1, 0.15) is 30.4 Å². The van der Waals surface area contributed by atoms with Gasteiger partial charge in [-0.05, 0) is 26.3 Å². The first kappa shape index (κ1) is 9.26. The van der Waals surface area contributed by atoms with Gasteiger partial charge in [-0.3, -0.25) is 0 Å². The molecule has 0 aliphatic carbocycles. The summed E-state index contributed by atoms with van der Waals surface area (Å²) in [6, 6.07) is 0. The van der Waals surface area contributed by atoms with Crippen molar-refractivity contribution in [1.29, 1.82) is 0 Å². The second-order valence-corrected chi connectivity index (χ2v) is 2.92. The molecule has 2 N–H and O–H groups in total. The van der Waals surface area contributed by atoms with E-state index in [1.165, 1.54) is 5.56 Å². The Morgan fingerprint density at radius 1 is 1.50 bits per heavy atom. The van der Waals surface area contributed by atoms with Crippen molar-refractivity contribution in [3.63, 3.8) is 0 Å². The summed E-state index contributed by atoms with van der Waals surface area (Å²) >= 11 is 0. The Morgan fingerprint density at radius 2 is 2.25 bits per heavy atom. The maximum Gasteiger partial charge on any atom is 0.139 e. The minimum absolute atomic E-state index is 0.710. The fourth-order valence-corrected chi connectivity index (χ4v) is 1.23. The van der Waals surface area contributed by atoms with E-state index >= 15 is 0 Å². The molecule has 1 rings (SSSR count). The van der Waals surface area contributed by atoms with Crippen LogP contribution >= 0.6 is 0 Å². The molecule has 0 aliphatic rings. The molecule has 1 aromatic heterocycles. The molecule has 12 heavy (non-hydrogen) atoms. The Hall–Kier alpha value is -0.830. The van der Waals surface area contributed by atoms with E-state index in [-0.39, 0.29) is 0 Å². The summed E-state index contributed by atoms with van der Waals surface area (Å²) < 4.78 is 5.18. The first-order valence-corrected chi connectivity index (χ1v) is 4.43. The zero-order valence-corrected chi connectivity index (χ0v) is 7.76. The van der Waals surface area contributed by atoms with Gasteiger partial charge in [-0.1, -0.05) is 12.1 Å². The van der Waals surface area contributed by atoms with Crippen molar-refractivity contribution < 1.29 is 4.52 Å². The second kappa shape index (κ2) is 4.26. The molecule has 3 nitrogen and oxygen atoms in total. The molecule has 0 fully saturated rings. The maximum atomic E-state index is 5.40. The van der Waals surface area contributed by atoms with Crippen LogP contribution in [0.4, 0.5) is 0 Å². The molecule has 1 heterocycles. The van der Waals surface area contributed by atoms with Crippen LogP contribution in [-0.2, 0) is 12.8 Å². The number of aryl methyl sites for hydroxylation is 2. The molecular weight excluding hydrogens is 152 g/mol. The molecule has 1 aromatic rings. The number of hydrogen-bond donors (Lipinski definition) is 1. The van der Waals surface area contributed by atoms with E-state index in [1.54, 1.807) is 0 Å². The lowest BCUT2D eigenvalue weighted by atomic mass is 10.1. The van der Waals surface area contributed by atoms with Crippen LogP contribution in [0.2, 0.25) is 0 Å². The molecule has 0 aromatic carbocycles. The second-order valence-electron chi connectivity index (χ2n) is 2.92. The van der Waals surface area contributed by atoms with Gasteiger partial charge in [0.25, 0.3) is 0 Å². The Bertz CT molecular complexity index is 243. The zero-order chi connectivity index (χ0) is 8.97. The number of nitrogens with zero attached hydrogens (tertiary/aromatic N) is 1. The summed E-state index contributed by atoms with van der Waals surface area (Å²) in [5, 5.41) is 3.97. The van der Waals surface area contributed by atoms with Crippen molar-refractivity contribution in [3.05, 3.63) is 17.0 Å². The third-order valence-electron chi connectivity index (χ3n) is 2.06. The molecule has 0 saturated carbocycles. The molecule has 0 bridgehead atoms. The van der Waals surface area contributed by atoms with Crippen LogP contribution in [0.3, 0.4) is 0 Å². The van der Waals surface area contributed by atoms with Crippen molar-refractivity contribution in [1.82, 2.24) is 5.16 Å². The number of hydrogen-bond acceptors (Lipinski definition) is 3. The smallest absolute Gasteiger partial charge is 0.139 e.